The third-order valence-corrected chi connectivity index (χ3v) is 1.23. The maximum Gasteiger partial charge on any atom is 0.406 e. The zero-order valence-corrected chi connectivity index (χ0v) is 6.22. The van der Waals surface area contributed by atoms with Crippen LogP contribution in [0.3, 0.4) is 0 Å². The molecule has 1 aromatic rings. The lowest BCUT2D eigenvalue weighted by Crippen LogP contribution is -1.93. The third kappa shape index (κ3) is 1.42. The number of hydrogen-bond donors (Lipinski definition) is 1. The van der Waals surface area contributed by atoms with Gasteiger partial charge >= 0.3 is 5.82 Å². The smallest absolute Gasteiger partial charge is 0.406 e. The highest BCUT2D eigenvalue weighted by Gasteiger charge is 2.15. The molecule has 0 aliphatic rings. The molecule has 0 saturated carbocycles. The fourth-order valence-electron chi connectivity index (χ4n) is 0.680. The number of pyridine rings is 1. The summed E-state index contributed by atoms with van der Waals surface area (Å²) in [4.78, 5) is 12.8. The molecule has 6 nitrogen and oxygen atoms in total. The van der Waals surface area contributed by atoms with E-state index in [0.717, 1.165) is 12.3 Å². The van der Waals surface area contributed by atoms with Crippen LogP contribution >= 0.6 is 0 Å². The minimum absolute atomic E-state index is 0.276. The van der Waals surface area contributed by atoms with Crippen molar-refractivity contribution in [2.75, 3.05) is 7.11 Å². The molecule has 0 amide bonds. The Morgan fingerprint density at radius 1 is 1.75 bits per heavy atom. The van der Waals surface area contributed by atoms with E-state index in [1.807, 2.05) is 0 Å². The summed E-state index contributed by atoms with van der Waals surface area (Å²) in [5, 5.41) is 19.2. The Balaban J connectivity index is 3.12. The zero-order valence-electron chi connectivity index (χ0n) is 6.22. The Morgan fingerprint density at radius 2 is 2.42 bits per heavy atom. The Kier molecular flexibility index (Phi) is 2.09. The highest BCUT2D eigenvalue weighted by Crippen LogP contribution is 2.26. The van der Waals surface area contributed by atoms with Crippen LogP contribution in [0.5, 0.6) is 11.5 Å². The van der Waals surface area contributed by atoms with Gasteiger partial charge in [-0.2, -0.15) is 0 Å². The summed E-state index contributed by atoms with van der Waals surface area (Å²) in [5.74, 6) is -0.798. The number of rotatable bonds is 2. The van der Waals surface area contributed by atoms with Crippen LogP contribution in [-0.2, 0) is 0 Å². The third-order valence-electron chi connectivity index (χ3n) is 1.23. The standard InChI is InChI=1S/C6H6N2O4/c1-12-4-2-5(9)6(7-3-4)8(10)11/h2-3,9H,1H3. The summed E-state index contributed by atoms with van der Waals surface area (Å²) in [6.07, 6.45) is 1.16. The van der Waals surface area contributed by atoms with Gasteiger partial charge in [-0.25, -0.2) is 0 Å². The predicted octanol–water partition coefficient (Wildman–Crippen LogP) is 0.704. The van der Waals surface area contributed by atoms with Gasteiger partial charge < -0.3 is 20.0 Å². The van der Waals surface area contributed by atoms with Crippen molar-refractivity contribution in [3.8, 4) is 11.5 Å². The second-order valence-electron chi connectivity index (χ2n) is 1.97. The van der Waals surface area contributed by atoms with Crippen LogP contribution in [-0.4, -0.2) is 22.1 Å². The first-order valence-corrected chi connectivity index (χ1v) is 3.02. The number of ether oxygens (including phenoxy) is 1. The summed E-state index contributed by atoms with van der Waals surface area (Å²) < 4.78 is 4.68. The van der Waals surface area contributed by atoms with Crippen molar-refractivity contribution in [3.63, 3.8) is 0 Å². The lowest BCUT2D eigenvalue weighted by atomic mass is 10.4. The number of nitro groups is 1. The molecular weight excluding hydrogens is 164 g/mol. The molecule has 0 aliphatic heterocycles. The molecular formula is C6H6N2O4. The summed E-state index contributed by atoms with van der Waals surface area (Å²) in [5.41, 5.74) is 0. The molecule has 1 N–H and O–H groups in total. The second-order valence-corrected chi connectivity index (χ2v) is 1.97. The fourth-order valence-corrected chi connectivity index (χ4v) is 0.680. The SMILES string of the molecule is COc1cnc([N+](=O)[O-])c(O)c1. The number of methoxy groups -OCH3 is 1. The molecule has 12 heavy (non-hydrogen) atoms. The van der Waals surface area contributed by atoms with Gasteiger partial charge in [0.2, 0.25) is 5.75 Å². The van der Waals surface area contributed by atoms with Gasteiger partial charge in [0, 0.05) is 6.07 Å². The minimum atomic E-state index is -0.769. The number of aromatic nitrogens is 1. The van der Waals surface area contributed by atoms with Crippen LogP contribution in [0.4, 0.5) is 5.82 Å². The molecule has 1 aromatic heterocycles. The van der Waals surface area contributed by atoms with E-state index < -0.39 is 16.5 Å². The summed E-state index contributed by atoms with van der Waals surface area (Å²) >= 11 is 0. The van der Waals surface area contributed by atoms with Crippen LogP contribution in [0.2, 0.25) is 0 Å². The first kappa shape index (κ1) is 8.25. The van der Waals surface area contributed by atoms with E-state index in [2.05, 4.69) is 9.72 Å². The molecule has 0 spiro atoms. The molecule has 0 radical (unpaired) electrons. The van der Waals surface area contributed by atoms with Crippen LogP contribution < -0.4 is 4.74 Å². The lowest BCUT2D eigenvalue weighted by Gasteiger charge is -1.97. The quantitative estimate of drug-likeness (QED) is 0.521. The summed E-state index contributed by atoms with van der Waals surface area (Å²) in [6, 6.07) is 1.13. The molecule has 0 aromatic carbocycles. The van der Waals surface area contributed by atoms with Gasteiger partial charge in [0.15, 0.2) is 11.9 Å². The second kappa shape index (κ2) is 3.04. The number of aromatic hydroxyl groups is 1. The first-order chi connectivity index (χ1) is 5.65. The van der Waals surface area contributed by atoms with Gasteiger partial charge in [-0.05, 0) is 9.91 Å². The van der Waals surface area contributed by atoms with Gasteiger partial charge in [-0.15, -0.1) is 0 Å². The normalized spacial score (nSPS) is 9.42. The molecule has 0 fully saturated rings. The molecule has 64 valence electrons. The van der Waals surface area contributed by atoms with Crippen LogP contribution in [0.15, 0.2) is 12.3 Å². The van der Waals surface area contributed by atoms with Gasteiger partial charge in [0.1, 0.15) is 0 Å². The topological polar surface area (TPSA) is 85.5 Å². The van der Waals surface area contributed by atoms with Crippen LogP contribution in [0, 0.1) is 10.1 Å². The van der Waals surface area contributed by atoms with E-state index in [1.165, 1.54) is 7.11 Å². The number of hydrogen-bond acceptors (Lipinski definition) is 5. The van der Waals surface area contributed by atoms with E-state index in [-0.39, 0.29) is 5.75 Å². The van der Waals surface area contributed by atoms with E-state index >= 15 is 0 Å². The van der Waals surface area contributed by atoms with Crippen molar-refractivity contribution in [1.82, 2.24) is 4.98 Å². The van der Waals surface area contributed by atoms with E-state index in [4.69, 9.17) is 5.11 Å². The lowest BCUT2D eigenvalue weighted by molar-refractivity contribution is -0.390. The van der Waals surface area contributed by atoms with Crippen molar-refractivity contribution in [3.05, 3.63) is 22.4 Å². The maximum absolute atomic E-state index is 10.2. The van der Waals surface area contributed by atoms with Gasteiger partial charge in [0.05, 0.1) is 7.11 Å². The van der Waals surface area contributed by atoms with Crippen molar-refractivity contribution < 1.29 is 14.8 Å². The van der Waals surface area contributed by atoms with Gasteiger partial charge in [-0.1, -0.05) is 0 Å². The summed E-state index contributed by atoms with van der Waals surface area (Å²) in [7, 11) is 1.38. The molecule has 1 heterocycles. The highest BCUT2D eigenvalue weighted by atomic mass is 16.6. The molecule has 0 unspecified atom stereocenters. The monoisotopic (exact) mass is 170 g/mol. The van der Waals surface area contributed by atoms with Gasteiger partial charge in [-0.3, -0.25) is 0 Å². The van der Waals surface area contributed by atoms with Crippen molar-refractivity contribution in [2.24, 2.45) is 0 Å². The van der Waals surface area contributed by atoms with E-state index in [9.17, 15) is 10.1 Å². The van der Waals surface area contributed by atoms with E-state index in [0.29, 0.717) is 0 Å². The maximum atomic E-state index is 10.2. The van der Waals surface area contributed by atoms with Crippen LogP contribution in [0.1, 0.15) is 0 Å². The Bertz CT molecular complexity index is 312. The fraction of sp³-hybridized carbons (Fsp3) is 0.167. The highest BCUT2D eigenvalue weighted by molar-refractivity contribution is 5.42. The van der Waals surface area contributed by atoms with Crippen molar-refractivity contribution >= 4 is 5.82 Å². The summed E-state index contributed by atoms with van der Waals surface area (Å²) in [6.45, 7) is 0. The first-order valence-electron chi connectivity index (χ1n) is 3.02. The zero-order chi connectivity index (χ0) is 9.14. The molecule has 0 bridgehead atoms. The molecule has 0 aliphatic carbocycles. The predicted molar refractivity (Wildman–Crippen MR) is 39.1 cm³/mol. The molecule has 1 rings (SSSR count). The molecule has 0 saturated heterocycles. The Morgan fingerprint density at radius 3 is 2.83 bits per heavy atom. The van der Waals surface area contributed by atoms with Crippen molar-refractivity contribution in [1.29, 1.82) is 0 Å². The van der Waals surface area contributed by atoms with Gasteiger partial charge in [0.25, 0.3) is 0 Å². The Labute approximate surface area is 67.6 Å². The average Bonchev–Trinajstić information content (AvgIpc) is 2.03. The minimum Gasteiger partial charge on any atom is -0.501 e. The van der Waals surface area contributed by atoms with E-state index in [1.54, 1.807) is 0 Å². The van der Waals surface area contributed by atoms with Crippen LogP contribution in [0.25, 0.3) is 0 Å². The van der Waals surface area contributed by atoms with Crippen molar-refractivity contribution in [2.45, 2.75) is 0 Å². The molecule has 0 atom stereocenters. The molecule has 6 heteroatoms. The average molecular weight is 170 g/mol. The Hall–Kier alpha value is -1.85. The number of nitrogens with zero attached hydrogens (tertiary/aromatic N) is 2. The largest absolute Gasteiger partial charge is 0.501 e.